The molecule has 0 N–H and O–H groups in total. The molecule has 1 nitrogen and oxygen atoms in total. The summed E-state index contributed by atoms with van der Waals surface area (Å²) in [6.45, 7) is 5.65. The predicted octanol–water partition coefficient (Wildman–Crippen LogP) is 7.68. The van der Waals surface area contributed by atoms with E-state index in [1.165, 1.54) is 89.0 Å². The largest absolute Gasteiger partial charge is 0.378 e. The van der Waals surface area contributed by atoms with Crippen LogP contribution < -0.4 is 0 Å². The summed E-state index contributed by atoms with van der Waals surface area (Å²) in [5.41, 5.74) is 3.08. The van der Waals surface area contributed by atoms with E-state index in [0.717, 1.165) is 24.4 Å². The fourth-order valence-electron chi connectivity index (χ4n) is 5.19. The first-order valence-electron chi connectivity index (χ1n) is 12.0. The third-order valence-corrected chi connectivity index (χ3v) is 7.31. The molecule has 0 radical (unpaired) electrons. The summed E-state index contributed by atoms with van der Waals surface area (Å²) < 4.78 is 6.18. The molecule has 0 aromatic heterocycles. The molecule has 1 saturated heterocycles. The van der Waals surface area contributed by atoms with Gasteiger partial charge in [0.2, 0.25) is 0 Å². The molecule has 2 aliphatic rings. The first-order valence-corrected chi connectivity index (χ1v) is 12.0. The summed E-state index contributed by atoms with van der Waals surface area (Å²) in [4.78, 5) is 0. The Morgan fingerprint density at radius 3 is 2.19 bits per heavy atom. The van der Waals surface area contributed by atoms with E-state index in [0.29, 0.717) is 6.10 Å². The van der Waals surface area contributed by atoms with Crippen molar-refractivity contribution in [2.75, 3.05) is 6.61 Å². The Labute approximate surface area is 168 Å². The third-order valence-electron chi connectivity index (χ3n) is 7.31. The Kier molecular flexibility index (Phi) is 8.71. The molecule has 2 fully saturated rings. The quantitative estimate of drug-likeness (QED) is 0.405. The van der Waals surface area contributed by atoms with Crippen LogP contribution in [0.15, 0.2) is 24.3 Å². The number of hydrogen-bond donors (Lipinski definition) is 0. The van der Waals surface area contributed by atoms with E-state index < -0.39 is 0 Å². The Balaban J connectivity index is 1.36. The lowest BCUT2D eigenvalue weighted by Crippen LogP contribution is -2.26. The highest BCUT2D eigenvalue weighted by atomic mass is 16.5. The molecule has 2 atom stereocenters. The zero-order valence-electron chi connectivity index (χ0n) is 17.9. The highest BCUT2D eigenvalue weighted by Crippen LogP contribution is 2.37. The number of rotatable bonds is 9. The molecule has 2 unspecified atom stereocenters. The van der Waals surface area contributed by atoms with Crippen molar-refractivity contribution in [2.24, 2.45) is 11.8 Å². The van der Waals surface area contributed by atoms with Crippen LogP contribution in [0.2, 0.25) is 0 Å². The van der Waals surface area contributed by atoms with Crippen LogP contribution in [-0.4, -0.2) is 12.7 Å². The number of ether oxygens (including phenoxy) is 1. The molecule has 1 heterocycles. The minimum Gasteiger partial charge on any atom is -0.378 e. The van der Waals surface area contributed by atoms with Crippen molar-refractivity contribution in [3.8, 4) is 0 Å². The maximum Gasteiger partial charge on any atom is 0.0578 e. The van der Waals surface area contributed by atoms with Crippen LogP contribution in [0.4, 0.5) is 0 Å². The van der Waals surface area contributed by atoms with Crippen molar-refractivity contribution in [3.05, 3.63) is 35.4 Å². The Morgan fingerprint density at radius 2 is 1.56 bits per heavy atom. The molecule has 0 spiro atoms. The fraction of sp³-hybridized carbons (Fsp3) is 0.769. The molecule has 1 saturated carbocycles. The van der Waals surface area contributed by atoms with E-state index in [1.807, 2.05) is 0 Å². The molecule has 3 rings (SSSR count). The zero-order valence-corrected chi connectivity index (χ0v) is 17.9. The molecule has 27 heavy (non-hydrogen) atoms. The van der Waals surface area contributed by atoms with Gasteiger partial charge in [0.15, 0.2) is 0 Å². The monoisotopic (exact) mass is 370 g/mol. The molecule has 0 amide bonds. The van der Waals surface area contributed by atoms with E-state index in [1.54, 1.807) is 5.56 Å². The summed E-state index contributed by atoms with van der Waals surface area (Å²) in [6.07, 6.45) is 18.0. The summed E-state index contributed by atoms with van der Waals surface area (Å²) in [5.74, 6) is 2.63. The average molecular weight is 371 g/mol. The average Bonchev–Trinajstić information content (AvgIpc) is 2.74. The minimum absolute atomic E-state index is 0.497. The van der Waals surface area contributed by atoms with Crippen LogP contribution in [0.25, 0.3) is 0 Å². The maximum atomic E-state index is 6.18. The third kappa shape index (κ3) is 6.63. The standard InChI is InChI=1S/C26H42O/c1-3-5-6-7-23-13-19-26(27-20-23)18-12-22-10-16-25(17-11-22)24-14-8-21(4-2)9-15-24/h10-11,16-17,21,23-24,26H,3-9,12-15,18-20H2,1-2H3. The normalized spacial score (nSPS) is 29.0. The molecule has 1 aliphatic carbocycles. The van der Waals surface area contributed by atoms with Crippen LogP contribution in [0.5, 0.6) is 0 Å². The Hall–Kier alpha value is -0.820. The topological polar surface area (TPSA) is 9.23 Å². The summed E-state index contributed by atoms with van der Waals surface area (Å²) in [7, 11) is 0. The minimum atomic E-state index is 0.497. The lowest BCUT2D eigenvalue weighted by atomic mass is 9.78. The van der Waals surface area contributed by atoms with Crippen molar-refractivity contribution in [2.45, 2.75) is 109 Å². The van der Waals surface area contributed by atoms with Crippen LogP contribution in [0.3, 0.4) is 0 Å². The highest BCUT2D eigenvalue weighted by Gasteiger charge is 2.22. The van der Waals surface area contributed by atoms with Crippen molar-refractivity contribution < 1.29 is 4.74 Å². The van der Waals surface area contributed by atoms with Gasteiger partial charge in [0, 0.05) is 6.61 Å². The number of benzene rings is 1. The van der Waals surface area contributed by atoms with Crippen molar-refractivity contribution in [1.29, 1.82) is 0 Å². The van der Waals surface area contributed by atoms with Gasteiger partial charge in [0.25, 0.3) is 0 Å². The van der Waals surface area contributed by atoms with Gasteiger partial charge in [-0.1, -0.05) is 63.8 Å². The van der Waals surface area contributed by atoms with Gasteiger partial charge in [-0.3, -0.25) is 0 Å². The van der Waals surface area contributed by atoms with E-state index in [4.69, 9.17) is 4.74 Å². The fourth-order valence-corrected chi connectivity index (χ4v) is 5.19. The maximum absolute atomic E-state index is 6.18. The van der Waals surface area contributed by atoms with Gasteiger partial charge < -0.3 is 4.74 Å². The van der Waals surface area contributed by atoms with Gasteiger partial charge in [-0.15, -0.1) is 0 Å². The van der Waals surface area contributed by atoms with Gasteiger partial charge in [-0.05, 0) is 86.7 Å². The molecule has 1 heteroatoms. The second-order valence-electron chi connectivity index (χ2n) is 9.30. The highest BCUT2D eigenvalue weighted by molar-refractivity contribution is 5.26. The van der Waals surface area contributed by atoms with Gasteiger partial charge in [0.05, 0.1) is 6.10 Å². The van der Waals surface area contributed by atoms with Crippen LogP contribution in [0.1, 0.15) is 108 Å². The number of unbranched alkanes of at least 4 members (excludes halogenated alkanes) is 2. The van der Waals surface area contributed by atoms with E-state index >= 15 is 0 Å². The van der Waals surface area contributed by atoms with Crippen molar-refractivity contribution in [3.63, 3.8) is 0 Å². The number of hydrogen-bond acceptors (Lipinski definition) is 1. The summed E-state index contributed by atoms with van der Waals surface area (Å²) in [6, 6.07) is 9.60. The predicted molar refractivity (Wildman–Crippen MR) is 116 cm³/mol. The lowest BCUT2D eigenvalue weighted by molar-refractivity contribution is -0.0219. The van der Waals surface area contributed by atoms with E-state index in [2.05, 4.69) is 38.1 Å². The SMILES string of the molecule is CCCCCC1CCC(CCc2ccc(C3CCC(CC)CC3)cc2)OC1. The molecule has 1 aromatic carbocycles. The Morgan fingerprint density at radius 1 is 0.815 bits per heavy atom. The smallest absolute Gasteiger partial charge is 0.0578 e. The molecular weight excluding hydrogens is 328 g/mol. The van der Waals surface area contributed by atoms with Crippen LogP contribution in [0, 0.1) is 11.8 Å². The molecule has 1 aromatic rings. The second-order valence-corrected chi connectivity index (χ2v) is 9.30. The second kappa shape index (κ2) is 11.2. The molecular formula is C26H42O. The van der Waals surface area contributed by atoms with Crippen LogP contribution >= 0.6 is 0 Å². The first kappa shape index (κ1) is 20.9. The van der Waals surface area contributed by atoms with Gasteiger partial charge in [-0.25, -0.2) is 0 Å². The van der Waals surface area contributed by atoms with E-state index in [-0.39, 0.29) is 0 Å². The lowest BCUT2D eigenvalue weighted by Gasteiger charge is -2.29. The van der Waals surface area contributed by atoms with Gasteiger partial charge in [0.1, 0.15) is 0 Å². The summed E-state index contributed by atoms with van der Waals surface area (Å²) in [5, 5.41) is 0. The molecule has 152 valence electrons. The molecule has 1 aliphatic heterocycles. The van der Waals surface area contributed by atoms with Crippen LogP contribution in [-0.2, 0) is 11.2 Å². The summed E-state index contributed by atoms with van der Waals surface area (Å²) >= 11 is 0. The van der Waals surface area contributed by atoms with Crippen molar-refractivity contribution in [1.82, 2.24) is 0 Å². The number of aryl methyl sites for hydroxylation is 1. The molecule has 0 bridgehead atoms. The van der Waals surface area contributed by atoms with E-state index in [9.17, 15) is 0 Å². The van der Waals surface area contributed by atoms with Gasteiger partial charge in [-0.2, -0.15) is 0 Å². The first-order chi connectivity index (χ1) is 13.3. The zero-order chi connectivity index (χ0) is 18.9. The Bertz CT molecular complexity index is 504. The van der Waals surface area contributed by atoms with Gasteiger partial charge >= 0.3 is 0 Å². The van der Waals surface area contributed by atoms with Crippen molar-refractivity contribution >= 4 is 0 Å².